The Hall–Kier alpha value is -3.08. The molecule has 0 saturated carbocycles. The molecule has 0 bridgehead atoms. The molecule has 2 heterocycles. The number of aromatic amines is 1. The molecule has 3 aromatic rings. The van der Waals surface area contributed by atoms with Gasteiger partial charge >= 0.3 is 12.4 Å². The van der Waals surface area contributed by atoms with Crippen molar-refractivity contribution in [2.75, 3.05) is 6.54 Å². The van der Waals surface area contributed by atoms with Gasteiger partial charge in [-0.1, -0.05) is 6.07 Å². The normalized spacial score (nSPS) is 19.4. The molecule has 1 aliphatic heterocycles. The maximum absolute atomic E-state index is 13.0. The molecule has 1 amide bonds. The van der Waals surface area contributed by atoms with Crippen molar-refractivity contribution in [3.63, 3.8) is 0 Å². The van der Waals surface area contributed by atoms with E-state index in [1.807, 2.05) is 18.2 Å². The largest absolute Gasteiger partial charge is 0.416 e. The van der Waals surface area contributed by atoms with Gasteiger partial charge in [0, 0.05) is 19.1 Å². The van der Waals surface area contributed by atoms with Crippen molar-refractivity contribution >= 4 is 16.9 Å². The number of imidazole rings is 1. The van der Waals surface area contributed by atoms with Gasteiger partial charge in [0.15, 0.2) is 0 Å². The first kappa shape index (κ1) is 22.1. The summed E-state index contributed by atoms with van der Waals surface area (Å²) in [6.07, 6.45) is -7.84. The summed E-state index contributed by atoms with van der Waals surface area (Å²) in [4.78, 5) is 19.7. The summed E-state index contributed by atoms with van der Waals surface area (Å²) in [6.45, 7) is -0.0962. The van der Waals surface area contributed by atoms with Crippen LogP contribution in [0.1, 0.15) is 34.7 Å². The fraction of sp³-hybridized carbons (Fsp3) is 0.333. The summed E-state index contributed by atoms with van der Waals surface area (Å²) in [6, 6.07) is 6.85. The molecule has 11 heteroatoms. The van der Waals surface area contributed by atoms with Crippen LogP contribution in [0.25, 0.3) is 11.0 Å². The lowest BCUT2D eigenvalue weighted by molar-refractivity contribution is -0.143. The quantitative estimate of drug-likeness (QED) is 0.504. The molecule has 2 aromatic carbocycles. The van der Waals surface area contributed by atoms with Crippen LogP contribution in [0.15, 0.2) is 42.7 Å². The van der Waals surface area contributed by atoms with E-state index in [0.29, 0.717) is 25.1 Å². The molecule has 32 heavy (non-hydrogen) atoms. The summed E-state index contributed by atoms with van der Waals surface area (Å²) < 4.78 is 78.0. The molecular formula is C21H18F6N4O. The van der Waals surface area contributed by atoms with Gasteiger partial charge in [0.25, 0.3) is 0 Å². The van der Waals surface area contributed by atoms with E-state index in [1.54, 1.807) is 6.33 Å². The third-order valence-corrected chi connectivity index (χ3v) is 5.46. The predicted octanol–water partition coefficient (Wildman–Crippen LogP) is 4.57. The Bertz CT molecular complexity index is 1110. The predicted molar refractivity (Wildman–Crippen MR) is 103 cm³/mol. The molecule has 5 nitrogen and oxygen atoms in total. The Labute approximate surface area is 178 Å². The van der Waals surface area contributed by atoms with Crippen LogP contribution in [-0.4, -0.2) is 22.4 Å². The Morgan fingerprint density at radius 2 is 1.72 bits per heavy atom. The fourth-order valence-electron chi connectivity index (χ4n) is 3.81. The van der Waals surface area contributed by atoms with Crippen molar-refractivity contribution in [3.8, 4) is 0 Å². The lowest BCUT2D eigenvalue weighted by Crippen LogP contribution is -2.31. The minimum absolute atomic E-state index is 0.0628. The SMILES string of the molecule is O=C(NCc1cc(C(F)(F)F)cc(C(F)(F)F)c1)[C@H]1CNC(c2ccc3nc[nH]c3c2)C1. The maximum Gasteiger partial charge on any atom is 0.416 e. The molecule has 1 unspecified atom stereocenters. The van der Waals surface area contributed by atoms with Crippen LogP contribution >= 0.6 is 0 Å². The highest BCUT2D eigenvalue weighted by Gasteiger charge is 2.37. The van der Waals surface area contributed by atoms with Crippen LogP contribution < -0.4 is 10.6 Å². The lowest BCUT2D eigenvalue weighted by atomic mass is 9.99. The van der Waals surface area contributed by atoms with Crippen LogP contribution in [0.2, 0.25) is 0 Å². The molecule has 4 rings (SSSR count). The number of benzene rings is 2. The molecule has 2 atom stereocenters. The van der Waals surface area contributed by atoms with Gasteiger partial charge in [0.1, 0.15) is 0 Å². The summed E-state index contributed by atoms with van der Waals surface area (Å²) in [5.41, 5.74) is -0.484. The Kier molecular flexibility index (Phi) is 5.61. The van der Waals surface area contributed by atoms with E-state index < -0.39 is 41.8 Å². The summed E-state index contributed by atoms with van der Waals surface area (Å²) in [5, 5.41) is 5.69. The molecule has 0 spiro atoms. The second-order valence-electron chi connectivity index (χ2n) is 7.70. The van der Waals surface area contributed by atoms with E-state index in [4.69, 9.17) is 0 Å². The minimum Gasteiger partial charge on any atom is -0.352 e. The van der Waals surface area contributed by atoms with Crippen LogP contribution in [-0.2, 0) is 23.7 Å². The van der Waals surface area contributed by atoms with E-state index >= 15 is 0 Å². The van der Waals surface area contributed by atoms with Gasteiger partial charge in [-0.25, -0.2) is 4.98 Å². The van der Waals surface area contributed by atoms with Gasteiger partial charge in [-0.05, 0) is 47.9 Å². The number of alkyl halides is 6. The number of rotatable bonds is 4. The number of halogens is 6. The smallest absolute Gasteiger partial charge is 0.352 e. The van der Waals surface area contributed by atoms with E-state index in [9.17, 15) is 31.1 Å². The van der Waals surface area contributed by atoms with E-state index in [-0.39, 0.29) is 17.7 Å². The Morgan fingerprint density at radius 3 is 2.38 bits per heavy atom. The molecule has 1 aliphatic rings. The van der Waals surface area contributed by atoms with Crippen molar-refractivity contribution in [2.24, 2.45) is 5.92 Å². The zero-order valence-corrected chi connectivity index (χ0v) is 16.4. The molecule has 1 aromatic heterocycles. The first-order chi connectivity index (χ1) is 15.0. The second kappa shape index (κ2) is 8.12. The summed E-state index contributed by atoms with van der Waals surface area (Å²) in [7, 11) is 0. The topological polar surface area (TPSA) is 69.8 Å². The number of H-pyrrole nitrogens is 1. The van der Waals surface area contributed by atoms with Crippen molar-refractivity contribution in [1.82, 2.24) is 20.6 Å². The third kappa shape index (κ3) is 4.72. The minimum atomic E-state index is -4.93. The number of nitrogens with zero attached hydrogens (tertiary/aromatic N) is 1. The van der Waals surface area contributed by atoms with Gasteiger partial charge in [-0.2, -0.15) is 26.3 Å². The van der Waals surface area contributed by atoms with Gasteiger partial charge in [-0.3, -0.25) is 4.79 Å². The first-order valence-corrected chi connectivity index (χ1v) is 9.73. The number of fused-ring (bicyclic) bond motifs is 1. The highest BCUT2D eigenvalue weighted by atomic mass is 19.4. The number of aromatic nitrogens is 2. The zero-order valence-electron chi connectivity index (χ0n) is 16.4. The van der Waals surface area contributed by atoms with E-state index in [2.05, 4.69) is 20.6 Å². The standard InChI is InChI=1S/C21H18F6N4O/c22-20(23,24)14-3-11(4-15(7-14)21(25,26)27)8-29-19(32)13-6-17(28-9-13)12-1-2-16-18(5-12)31-10-30-16/h1-5,7,10,13,17,28H,6,8-9H2,(H,29,32)(H,30,31)/t13-,17?/m1/s1. The summed E-state index contributed by atoms with van der Waals surface area (Å²) in [5.74, 6) is -0.904. The highest BCUT2D eigenvalue weighted by molar-refractivity contribution is 5.79. The van der Waals surface area contributed by atoms with Crippen LogP contribution in [0.5, 0.6) is 0 Å². The number of carbonyl (C=O) groups excluding carboxylic acids is 1. The second-order valence-corrected chi connectivity index (χ2v) is 7.70. The Morgan fingerprint density at radius 1 is 1.03 bits per heavy atom. The average molecular weight is 456 g/mol. The molecule has 3 N–H and O–H groups in total. The van der Waals surface area contributed by atoms with Gasteiger partial charge in [-0.15, -0.1) is 0 Å². The van der Waals surface area contributed by atoms with Crippen LogP contribution in [0, 0.1) is 5.92 Å². The molecular weight excluding hydrogens is 438 g/mol. The number of carbonyl (C=O) groups is 1. The molecule has 0 aliphatic carbocycles. The monoisotopic (exact) mass is 456 g/mol. The molecule has 1 fully saturated rings. The van der Waals surface area contributed by atoms with Crippen LogP contribution in [0.4, 0.5) is 26.3 Å². The zero-order chi connectivity index (χ0) is 23.1. The fourth-order valence-corrected chi connectivity index (χ4v) is 3.81. The molecule has 170 valence electrons. The van der Waals surface area contributed by atoms with E-state index in [1.165, 1.54) is 0 Å². The molecule has 0 radical (unpaired) electrons. The number of nitrogens with one attached hydrogen (secondary N) is 3. The number of hydrogen-bond acceptors (Lipinski definition) is 3. The average Bonchev–Trinajstić information content (AvgIpc) is 3.39. The van der Waals surface area contributed by atoms with Gasteiger partial charge < -0.3 is 15.6 Å². The van der Waals surface area contributed by atoms with Crippen molar-refractivity contribution in [3.05, 3.63) is 65.0 Å². The highest BCUT2D eigenvalue weighted by Crippen LogP contribution is 2.36. The maximum atomic E-state index is 13.0. The molecule has 1 saturated heterocycles. The van der Waals surface area contributed by atoms with Crippen molar-refractivity contribution in [2.45, 2.75) is 31.4 Å². The number of amides is 1. The lowest BCUT2D eigenvalue weighted by Gasteiger charge is -2.15. The van der Waals surface area contributed by atoms with Gasteiger partial charge in [0.2, 0.25) is 5.91 Å². The van der Waals surface area contributed by atoms with E-state index in [0.717, 1.165) is 16.6 Å². The number of hydrogen-bond donors (Lipinski definition) is 3. The van der Waals surface area contributed by atoms with Crippen LogP contribution in [0.3, 0.4) is 0 Å². The third-order valence-electron chi connectivity index (χ3n) is 5.46. The Balaban J connectivity index is 1.42. The van der Waals surface area contributed by atoms with Crippen molar-refractivity contribution < 1.29 is 31.1 Å². The van der Waals surface area contributed by atoms with Gasteiger partial charge in [0.05, 0.1) is 34.4 Å². The van der Waals surface area contributed by atoms with Crippen molar-refractivity contribution in [1.29, 1.82) is 0 Å². The summed E-state index contributed by atoms with van der Waals surface area (Å²) >= 11 is 0. The first-order valence-electron chi connectivity index (χ1n) is 9.73.